The molecule has 5 heteroatoms. The van der Waals surface area contributed by atoms with Gasteiger partial charge >= 0.3 is 0 Å². The zero-order valence-electron chi connectivity index (χ0n) is 8.74. The number of aromatic nitrogens is 2. The summed E-state index contributed by atoms with van der Waals surface area (Å²) in [6, 6.07) is 7.92. The lowest BCUT2D eigenvalue weighted by Gasteiger charge is -2.04. The number of nitrogens with two attached hydrogens (primary N) is 1. The summed E-state index contributed by atoms with van der Waals surface area (Å²) < 4.78 is 2.96. The highest BCUT2D eigenvalue weighted by atomic mass is 79.9. The molecule has 2 aromatic rings. The third-order valence-electron chi connectivity index (χ3n) is 2.46. The Kier molecular flexibility index (Phi) is 3.33. The average molecular weight is 301 g/mol. The Morgan fingerprint density at radius 3 is 2.50 bits per heavy atom. The Morgan fingerprint density at radius 2 is 2.00 bits per heavy atom. The summed E-state index contributed by atoms with van der Waals surface area (Å²) in [6.45, 7) is 0.388. The monoisotopic (exact) mass is 299 g/mol. The van der Waals surface area contributed by atoms with Crippen LogP contribution < -0.4 is 5.73 Å². The first kappa shape index (κ1) is 11.6. The second-order valence-corrected chi connectivity index (χ2v) is 4.72. The number of benzene rings is 1. The standard InChI is InChI=1S/C11H11BrClN3/c1-16-9(6-14)10(13)15-11(16)7-2-4-8(12)5-3-7/h2-5H,6,14H2,1H3. The molecule has 0 radical (unpaired) electrons. The average Bonchev–Trinajstić information content (AvgIpc) is 2.55. The Morgan fingerprint density at radius 1 is 1.38 bits per heavy atom. The van der Waals surface area contributed by atoms with Gasteiger partial charge in [-0.15, -0.1) is 0 Å². The molecule has 2 rings (SSSR count). The van der Waals surface area contributed by atoms with Crippen molar-refractivity contribution in [2.24, 2.45) is 12.8 Å². The van der Waals surface area contributed by atoms with Crippen LogP contribution in [0.15, 0.2) is 28.7 Å². The molecule has 0 saturated carbocycles. The van der Waals surface area contributed by atoms with E-state index >= 15 is 0 Å². The van der Waals surface area contributed by atoms with Gasteiger partial charge in [-0.05, 0) is 12.1 Å². The van der Waals surface area contributed by atoms with Crippen LogP contribution in [0.25, 0.3) is 11.4 Å². The van der Waals surface area contributed by atoms with E-state index in [1.165, 1.54) is 0 Å². The summed E-state index contributed by atoms with van der Waals surface area (Å²) in [5.74, 6) is 0.831. The minimum atomic E-state index is 0.388. The molecule has 0 bridgehead atoms. The lowest BCUT2D eigenvalue weighted by atomic mass is 10.2. The number of hydrogen-bond donors (Lipinski definition) is 1. The van der Waals surface area contributed by atoms with E-state index in [0.29, 0.717) is 11.7 Å². The first-order chi connectivity index (χ1) is 7.63. The van der Waals surface area contributed by atoms with E-state index in [1.807, 2.05) is 35.9 Å². The van der Waals surface area contributed by atoms with Gasteiger partial charge in [-0.1, -0.05) is 39.7 Å². The van der Waals surface area contributed by atoms with Gasteiger partial charge in [0.25, 0.3) is 0 Å². The molecule has 0 amide bonds. The van der Waals surface area contributed by atoms with E-state index < -0.39 is 0 Å². The molecule has 0 atom stereocenters. The van der Waals surface area contributed by atoms with Crippen LogP contribution in [0.4, 0.5) is 0 Å². The van der Waals surface area contributed by atoms with Crippen LogP contribution in [-0.2, 0) is 13.6 Å². The van der Waals surface area contributed by atoms with Gasteiger partial charge in [0, 0.05) is 23.6 Å². The molecule has 0 aliphatic carbocycles. The van der Waals surface area contributed by atoms with Gasteiger partial charge in [0.2, 0.25) is 0 Å². The van der Waals surface area contributed by atoms with E-state index in [-0.39, 0.29) is 0 Å². The van der Waals surface area contributed by atoms with Crippen molar-refractivity contribution in [3.63, 3.8) is 0 Å². The molecule has 1 aromatic carbocycles. The number of imidazole rings is 1. The van der Waals surface area contributed by atoms with Crippen molar-refractivity contribution in [2.45, 2.75) is 6.54 Å². The fourth-order valence-corrected chi connectivity index (χ4v) is 2.13. The minimum Gasteiger partial charge on any atom is -0.329 e. The number of hydrogen-bond acceptors (Lipinski definition) is 2. The second kappa shape index (κ2) is 4.57. The number of halogens is 2. The molecule has 1 aromatic heterocycles. The maximum Gasteiger partial charge on any atom is 0.152 e. The fourth-order valence-electron chi connectivity index (χ4n) is 1.58. The Labute approximate surface area is 107 Å². The van der Waals surface area contributed by atoms with Crippen LogP contribution in [0.3, 0.4) is 0 Å². The number of nitrogens with zero attached hydrogens (tertiary/aromatic N) is 2. The van der Waals surface area contributed by atoms with Crippen LogP contribution in [-0.4, -0.2) is 9.55 Å². The molecule has 16 heavy (non-hydrogen) atoms. The molecular formula is C11H11BrClN3. The van der Waals surface area contributed by atoms with Crippen molar-refractivity contribution in [1.29, 1.82) is 0 Å². The zero-order chi connectivity index (χ0) is 11.7. The highest BCUT2D eigenvalue weighted by Crippen LogP contribution is 2.25. The quantitative estimate of drug-likeness (QED) is 0.926. The maximum absolute atomic E-state index is 6.01. The lowest BCUT2D eigenvalue weighted by Crippen LogP contribution is -2.04. The van der Waals surface area contributed by atoms with Gasteiger partial charge in [0.15, 0.2) is 5.15 Å². The van der Waals surface area contributed by atoms with Gasteiger partial charge in [0.1, 0.15) is 5.82 Å². The Balaban J connectivity index is 2.52. The summed E-state index contributed by atoms with van der Waals surface area (Å²) in [5, 5.41) is 0.475. The van der Waals surface area contributed by atoms with Crippen LogP contribution in [0.2, 0.25) is 5.15 Å². The molecule has 0 saturated heterocycles. The van der Waals surface area contributed by atoms with Crippen molar-refractivity contribution in [2.75, 3.05) is 0 Å². The molecule has 2 N–H and O–H groups in total. The van der Waals surface area contributed by atoms with Gasteiger partial charge in [-0.3, -0.25) is 0 Å². The normalized spacial score (nSPS) is 10.8. The van der Waals surface area contributed by atoms with Crippen molar-refractivity contribution in [3.8, 4) is 11.4 Å². The molecular weight excluding hydrogens is 289 g/mol. The predicted octanol–water partition coefficient (Wildman–Crippen LogP) is 2.96. The van der Waals surface area contributed by atoms with Crippen LogP contribution in [0, 0.1) is 0 Å². The Bertz CT molecular complexity index is 505. The van der Waals surface area contributed by atoms with Gasteiger partial charge in [-0.25, -0.2) is 4.98 Å². The molecule has 3 nitrogen and oxygen atoms in total. The third-order valence-corrected chi connectivity index (χ3v) is 3.29. The molecule has 0 spiro atoms. The molecule has 0 unspecified atom stereocenters. The molecule has 84 valence electrons. The van der Waals surface area contributed by atoms with E-state index in [2.05, 4.69) is 20.9 Å². The van der Waals surface area contributed by atoms with Crippen LogP contribution in [0.1, 0.15) is 5.69 Å². The zero-order valence-corrected chi connectivity index (χ0v) is 11.1. The van der Waals surface area contributed by atoms with Crippen molar-refractivity contribution < 1.29 is 0 Å². The smallest absolute Gasteiger partial charge is 0.152 e. The van der Waals surface area contributed by atoms with Crippen molar-refractivity contribution in [3.05, 3.63) is 39.6 Å². The SMILES string of the molecule is Cn1c(-c2ccc(Br)cc2)nc(Cl)c1CN. The van der Waals surface area contributed by atoms with E-state index in [0.717, 1.165) is 21.6 Å². The first-order valence-electron chi connectivity index (χ1n) is 4.80. The summed E-state index contributed by atoms with van der Waals surface area (Å²) >= 11 is 9.41. The fraction of sp³-hybridized carbons (Fsp3) is 0.182. The molecule has 0 aliphatic rings. The highest BCUT2D eigenvalue weighted by molar-refractivity contribution is 9.10. The Hall–Kier alpha value is -0.840. The summed E-state index contributed by atoms with van der Waals surface area (Å²) in [6.07, 6.45) is 0. The van der Waals surface area contributed by atoms with E-state index in [4.69, 9.17) is 17.3 Å². The van der Waals surface area contributed by atoms with Gasteiger partial charge in [-0.2, -0.15) is 0 Å². The van der Waals surface area contributed by atoms with Crippen LogP contribution in [0.5, 0.6) is 0 Å². The van der Waals surface area contributed by atoms with E-state index in [9.17, 15) is 0 Å². The summed E-state index contributed by atoms with van der Waals surface area (Å²) in [5.41, 5.74) is 7.48. The molecule has 0 fully saturated rings. The summed E-state index contributed by atoms with van der Waals surface area (Å²) in [7, 11) is 1.92. The first-order valence-corrected chi connectivity index (χ1v) is 5.97. The minimum absolute atomic E-state index is 0.388. The van der Waals surface area contributed by atoms with Crippen molar-refractivity contribution >= 4 is 27.5 Å². The topological polar surface area (TPSA) is 43.8 Å². The second-order valence-electron chi connectivity index (χ2n) is 3.44. The van der Waals surface area contributed by atoms with Gasteiger partial charge < -0.3 is 10.3 Å². The van der Waals surface area contributed by atoms with Crippen LogP contribution >= 0.6 is 27.5 Å². The maximum atomic E-state index is 6.01. The van der Waals surface area contributed by atoms with Gasteiger partial charge in [0.05, 0.1) is 5.69 Å². The lowest BCUT2D eigenvalue weighted by molar-refractivity contribution is 0.828. The summed E-state index contributed by atoms with van der Waals surface area (Å²) in [4.78, 5) is 4.31. The highest BCUT2D eigenvalue weighted by Gasteiger charge is 2.12. The molecule has 0 aliphatic heterocycles. The van der Waals surface area contributed by atoms with E-state index in [1.54, 1.807) is 0 Å². The van der Waals surface area contributed by atoms with Crippen molar-refractivity contribution in [1.82, 2.24) is 9.55 Å². The third kappa shape index (κ3) is 2.00. The largest absolute Gasteiger partial charge is 0.329 e. The molecule has 1 heterocycles. The predicted molar refractivity (Wildman–Crippen MR) is 69.2 cm³/mol. The number of rotatable bonds is 2.